The van der Waals surface area contributed by atoms with Gasteiger partial charge in [-0.15, -0.1) is 0 Å². The zero-order chi connectivity index (χ0) is 9.14. The third-order valence-electron chi connectivity index (χ3n) is 1.26. The first-order valence-corrected chi connectivity index (χ1v) is 4.12. The summed E-state index contributed by atoms with van der Waals surface area (Å²) in [7, 11) is 0. The van der Waals surface area contributed by atoms with Gasteiger partial charge in [0.15, 0.2) is 5.82 Å². The highest BCUT2D eigenvalue weighted by atomic mass is 79.9. The first kappa shape index (κ1) is 9.19. The van der Waals surface area contributed by atoms with E-state index in [-0.39, 0.29) is 11.6 Å². The summed E-state index contributed by atoms with van der Waals surface area (Å²) in [5.74, 6) is -0.736. The monoisotopic (exact) mass is 231 g/mol. The zero-order valence-corrected chi connectivity index (χ0v) is 7.98. The summed E-state index contributed by atoms with van der Waals surface area (Å²) in [5.41, 5.74) is 0.192. The van der Waals surface area contributed by atoms with Gasteiger partial charge in [0.1, 0.15) is 0 Å². The summed E-state index contributed by atoms with van der Waals surface area (Å²) in [6.07, 6.45) is 0. The minimum absolute atomic E-state index is 0.192. The van der Waals surface area contributed by atoms with Gasteiger partial charge in [-0.05, 0) is 28.1 Å². The standard InChI is InChI=1S/C8H7BrFNO/c1-5(12)11-7-4-2-3-6(9)8(7)10/h2-4H,1H3,(H,11,12). The molecule has 0 atom stereocenters. The number of halogens is 2. The van der Waals surface area contributed by atoms with Crippen molar-refractivity contribution in [2.24, 2.45) is 0 Å². The quantitative estimate of drug-likeness (QED) is 0.791. The lowest BCUT2D eigenvalue weighted by Crippen LogP contribution is -2.07. The van der Waals surface area contributed by atoms with Crippen LogP contribution in [0.4, 0.5) is 10.1 Å². The molecule has 1 aromatic rings. The minimum atomic E-state index is -0.451. The first-order valence-electron chi connectivity index (χ1n) is 3.33. The Hall–Kier alpha value is -0.900. The number of hydrogen-bond acceptors (Lipinski definition) is 1. The molecular weight excluding hydrogens is 225 g/mol. The Morgan fingerprint density at radius 2 is 2.25 bits per heavy atom. The van der Waals surface area contributed by atoms with Crippen LogP contribution in [-0.4, -0.2) is 5.91 Å². The van der Waals surface area contributed by atoms with E-state index in [0.29, 0.717) is 4.47 Å². The molecule has 4 heteroatoms. The van der Waals surface area contributed by atoms with E-state index in [1.165, 1.54) is 13.0 Å². The molecule has 0 aliphatic rings. The average molecular weight is 232 g/mol. The van der Waals surface area contributed by atoms with Crippen molar-refractivity contribution in [3.63, 3.8) is 0 Å². The maximum Gasteiger partial charge on any atom is 0.221 e. The Morgan fingerprint density at radius 3 is 2.83 bits per heavy atom. The second-order valence-corrected chi connectivity index (χ2v) is 3.14. The Morgan fingerprint density at radius 1 is 1.58 bits per heavy atom. The molecule has 0 spiro atoms. The van der Waals surface area contributed by atoms with Crippen LogP contribution >= 0.6 is 15.9 Å². The number of carbonyl (C=O) groups excluding carboxylic acids is 1. The lowest BCUT2D eigenvalue weighted by Gasteiger charge is -2.03. The van der Waals surface area contributed by atoms with Gasteiger partial charge in [0.2, 0.25) is 5.91 Å². The Balaban J connectivity index is 3.00. The summed E-state index contributed by atoms with van der Waals surface area (Å²) < 4.78 is 13.4. The molecule has 1 aromatic carbocycles. The predicted octanol–water partition coefficient (Wildman–Crippen LogP) is 2.55. The maximum atomic E-state index is 13.1. The molecule has 0 saturated heterocycles. The van der Waals surface area contributed by atoms with Crippen LogP contribution in [0.1, 0.15) is 6.92 Å². The van der Waals surface area contributed by atoms with Crippen LogP contribution in [0, 0.1) is 5.82 Å². The molecule has 0 aliphatic carbocycles. The number of carbonyl (C=O) groups is 1. The number of benzene rings is 1. The van der Waals surface area contributed by atoms with Gasteiger partial charge in [0.05, 0.1) is 10.2 Å². The summed E-state index contributed by atoms with van der Waals surface area (Å²) in [5, 5.41) is 2.37. The Bertz CT molecular complexity index is 314. The van der Waals surface area contributed by atoms with Crippen LogP contribution in [0.2, 0.25) is 0 Å². The lowest BCUT2D eigenvalue weighted by molar-refractivity contribution is -0.114. The summed E-state index contributed by atoms with van der Waals surface area (Å²) in [6, 6.07) is 4.72. The molecule has 12 heavy (non-hydrogen) atoms. The van der Waals surface area contributed by atoms with Crippen molar-refractivity contribution in [1.29, 1.82) is 0 Å². The number of amides is 1. The highest BCUT2D eigenvalue weighted by Gasteiger charge is 2.05. The van der Waals surface area contributed by atoms with Crippen molar-refractivity contribution in [3.8, 4) is 0 Å². The lowest BCUT2D eigenvalue weighted by atomic mass is 10.3. The topological polar surface area (TPSA) is 29.1 Å². The van der Waals surface area contributed by atoms with Crippen LogP contribution in [0.25, 0.3) is 0 Å². The van der Waals surface area contributed by atoms with Crippen molar-refractivity contribution in [2.45, 2.75) is 6.92 Å². The molecule has 64 valence electrons. The fraction of sp³-hybridized carbons (Fsp3) is 0.125. The first-order chi connectivity index (χ1) is 5.61. The van der Waals surface area contributed by atoms with Gasteiger partial charge in [0, 0.05) is 6.92 Å². The van der Waals surface area contributed by atoms with E-state index >= 15 is 0 Å². The van der Waals surface area contributed by atoms with Crippen molar-refractivity contribution in [1.82, 2.24) is 0 Å². The Labute approximate surface area is 77.9 Å². The highest BCUT2D eigenvalue weighted by Crippen LogP contribution is 2.22. The van der Waals surface area contributed by atoms with E-state index in [0.717, 1.165) is 0 Å². The molecule has 0 radical (unpaired) electrons. The number of anilines is 1. The van der Waals surface area contributed by atoms with Crippen molar-refractivity contribution in [2.75, 3.05) is 5.32 Å². The van der Waals surface area contributed by atoms with E-state index < -0.39 is 5.82 Å². The van der Waals surface area contributed by atoms with E-state index in [1.54, 1.807) is 12.1 Å². The van der Waals surface area contributed by atoms with Crippen molar-refractivity contribution >= 4 is 27.5 Å². The highest BCUT2D eigenvalue weighted by molar-refractivity contribution is 9.10. The predicted molar refractivity (Wildman–Crippen MR) is 48.4 cm³/mol. The van der Waals surface area contributed by atoms with Gasteiger partial charge in [-0.1, -0.05) is 6.07 Å². The molecule has 0 bridgehead atoms. The summed E-state index contributed by atoms with van der Waals surface area (Å²) >= 11 is 3.01. The number of rotatable bonds is 1. The second-order valence-electron chi connectivity index (χ2n) is 2.28. The van der Waals surface area contributed by atoms with Crippen molar-refractivity contribution < 1.29 is 9.18 Å². The third kappa shape index (κ3) is 2.04. The maximum absolute atomic E-state index is 13.1. The third-order valence-corrected chi connectivity index (χ3v) is 1.87. The van der Waals surface area contributed by atoms with Gasteiger partial charge in [0.25, 0.3) is 0 Å². The molecule has 1 rings (SSSR count). The molecule has 1 N–H and O–H groups in total. The second kappa shape index (κ2) is 3.67. The largest absolute Gasteiger partial charge is 0.324 e. The fourth-order valence-electron chi connectivity index (χ4n) is 0.790. The molecular formula is C8H7BrFNO. The molecule has 0 heterocycles. The van der Waals surface area contributed by atoms with Gasteiger partial charge in [-0.3, -0.25) is 4.79 Å². The van der Waals surface area contributed by atoms with Gasteiger partial charge < -0.3 is 5.32 Å². The SMILES string of the molecule is CC(=O)Nc1cccc(Br)c1F. The smallest absolute Gasteiger partial charge is 0.221 e. The zero-order valence-electron chi connectivity index (χ0n) is 6.40. The molecule has 2 nitrogen and oxygen atoms in total. The normalized spacial score (nSPS) is 9.58. The van der Waals surface area contributed by atoms with E-state index in [1.807, 2.05) is 0 Å². The number of hydrogen-bond donors (Lipinski definition) is 1. The van der Waals surface area contributed by atoms with E-state index in [2.05, 4.69) is 21.2 Å². The van der Waals surface area contributed by atoms with Gasteiger partial charge in [-0.25, -0.2) is 4.39 Å². The van der Waals surface area contributed by atoms with Crippen LogP contribution in [-0.2, 0) is 4.79 Å². The van der Waals surface area contributed by atoms with Crippen LogP contribution in [0.15, 0.2) is 22.7 Å². The van der Waals surface area contributed by atoms with E-state index in [4.69, 9.17) is 0 Å². The van der Waals surface area contributed by atoms with Crippen LogP contribution in [0.5, 0.6) is 0 Å². The van der Waals surface area contributed by atoms with Gasteiger partial charge in [-0.2, -0.15) is 0 Å². The van der Waals surface area contributed by atoms with E-state index in [9.17, 15) is 9.18 Å². The summed E-state index contributed by atoms with van der Waals surface area (Å²) in [4.78, 5) is 10.6. The molecule has 0 aromatic heterocycles. The molecule has 0 fully saturated rings. The minimum Gasteiger partial charge on any atom is -0.324 e. The van der Waals surface area contributed by atoms with Gasteiger partial charge >= 0.3 is 0 Å². The molecule has 0 saturated carbocycles. The Kier molecular flexibility index (Phi) is 2.81. The van der Waals surface area contributed by atoms with Crippen LogP contribution in [0.3, 0.4) is 0 Å². The average Bonchev–Trinajstić information content (AvgIpc) is 1.98. The fourth-order valence-corrected chi connectivity index (χ4v) is 1.16. The summed E-state index contributed by atoms with van der Waals surface area (Å²) in [6.45, 7) is 1.33. The molecule has 0 unspecified atom stereocenters. The van der Waals surface area contributed by atoms with Crippen molar-refractivity contribution in [3.05, 3.63) is 28.5 Å². The number of nitrogens with one attached hydrogen (secondary N) is 1. The molecule has 1 amide bonds. The van der Waals surface area contributed by atoms with Crippen LogP contribution < -0.4 is 5.32 Å². The molecule has 0 aliphatic heterocycles.